The van der Waals surface area contributed by atoms with Crippen molar-refractivity contribution in [3.8, 4) is 5.75 Å². The van der Waals surface area contributed by atoms with Crippen molar-refractivity contribution in [3.05, 3.63) is 29.8 Å². The topological polar surface area (TPSA) is 64.8 Å². The van der Waals surface area contributed by atoms with Crippen molar-refractivity contribution in [1.29, 1.82) is 0 Å². The van der Waals surface area contributed by atoms with Crippen LogP contribution >= 0.6 is 12.4 Å². The normalized spacial score (nSPS) is 14.9. The van der Waals surface area contributed by atoms with Crippen LogP contribution in [0.3, 0.4) is 0 Å². The smallest absolute Gasteiger partial charge is 0.225 e. The maximum absolute atomic E-state index is 12.5. The zero-order valence-electron chi connectivity index (χ0n) is 13.2. The van der Waals surface area contributed by atoms with Crippen LogP contribution in [0.25, 0.3) is 0 Å². The van der Waals surface area contributed by atoms with Crippen LogP contribution in [0.1, 0.15) is 24.8 Å². The molecule has 0 aliphatic heterocycles. The molecular weight excluding hydrogens is 304 g/mol. The van der Waals surface area contributed by atoms with E-state index in [9.17, 15) is 4.79 Å². The minimum absolute atomic E-state index is 0. The minimum atomic E-state index is -0.212. The fraction of sp³-hybridized carbons (Fsp3) is 0.562. The van der Waals surface area contributed by atoms with Crippen LogP contribution in [-0.4, -0.2) is 43.7 Å². The van der Waals surface area contributed by atoms with Gasteiger partial charge in [0.05, 0.1) is 19.6 Å². The second-order valence-electron chi connectivity index (χ2n) is 5.36. The lowest BCUT2D eigenvalue weighted by atomic mass is 10.1. The van der Waals surface area contributed by atoms with E-state index in [4.69, 9.17) is 15.2 Å². The van der Waals surface area contributed by atoms with Gasteiger partial charge in [-0.3, -0.25) is 4.79 Å². The summed E-state index contributed by atoms with van der Waals surface area (Å²) in [7, 11) is 3.24. The number of nitrogens with two attached hydrogens (primary N) is 1. The Labute approximate surface area is 138 Å². The molecule has 1 fully saturated rings. The third kappa shape index (κ3) is 4.87. The molecular formula is C16H25ClN2O3. The van der Waals surface area contributed by atoms with Gasteiger partial charge in [-0.25, -0.2) is 0 Å². The number of amides is 1. The molecule has 0 bridgehead atoms. The molecule has 2 N–H and O–H groups in total. The highest BCUT2D eigenvalue weighted by atomic mass is 35.5. The molecule has 22 heavy (non-hydrogen) atoms. The average molecular weight is 329 g/mol. The van der Waals surface area contributed by atoms with Gasteiger partial charge < -0.3 is 20.1 Å². The molecule has 1 aromatic carbocycles. The third-order valence-electron chi connectivity index (χ3n) is 3.84. The summed E-state index contributed by atoms with van der Waals surface area (Å²) in [6.07, 6.45) is 2.26. The largest absolute Gasteiger partial charge is 0.496 e. The molecule has 0 radical (unpaired) electrons. The molecule has 1 unspecified atom stereocenters. The van der Waals surface area contributed by atoms with Gasteiger partial charge >= 0.3 is 0 Å². The number of carbonyl (C=O) groups excluding carboxylic acids is 1. The first-order valence-electron chi connectivity index (χ1n) is 7.33. The maximum Gasteiger partial charge on any atom is 0.225 e. The molecule has 0 aromatic heterocycles. The lowest BCUT2D eigenvalue weighted by molar-refractivity contribution is -0.134. The van der Waals surface area contributed by atoms with Crippen molar-refractivity contribution in [1.82, 2.24) is 4.90 Å². The number of hydrogen-bond acceptors (Lipinski definition) is 4. The Hall–Kier alpha value is -1.30. The summed E-state index contributed by atoms with van der Waals surface area (Å²) < 4.78 is 10.6. The fourth-order valence-corrected chi connectivity index (χ4v) is 2.40. The lowest BCUT2D eigenvalue weighted by Crippen LogP contribution is -2.37. The van der Waals surface area contributed by atoms with E-state index >= 15 is 0 Å². The number of rotatable bonds is 8. The number of para-hydroxylation sites is 1. The first-order valence-corrected chi connectivity index (χ1v) is 7.33. The summed E-state index contributed by atoms with van der Waals surface area (Å²) in [5, 5.41) is 0. The van der Waals surface area contributed by atoms with Crippen molar-refractivity contribution in [2.75, 3.05) is 20.8 Å². The Morgan fingerprint density at radius 2 is 2.05 bits per heavy atom. The van der Waals surface area contributed by atoms with E-state index in [1.807, 2.05) is 29.2 Å². The highest BCUT2D eigenvalue weighted by molar-refractivity contribution is 5.85. The summed E-state index contributed by atoms with van der Waals surface area (Å²) in [4.78, 5) is 14.4. The number of methoxy groups -OCH3 is 2. The van der Waals surface area contributed by atoms with Crippen LogP contribution in [0.15, 0.2) is 24.3 Å². The van der Waals surface area contributed by atoms with E-state index in [-0.39, 0.29) is 24.4 Å². The molecule has 0 saturated heterocycles. The third-order valence-corrected chi connectivity index (χ3v) is 3.84. The molecule has 0 heterocycles. The Kier molecular flexibility index (Phi) is 7.65. The van der Waals surface area contributed by atoms with Crippen LogP contribution < -0.4 is 10.5 Å². The summed E-state index contributed by atoms with van der Waals surface area (Å²) in [5.41, 5.74) is 6.64. The standard InChI is InChI=1S/C16H24N2O3.ClH/c1-20-14(10-17)9-16(19)18(13-7-8-13)11-12-5-3-4-6-15(12)21-2;/h3-6,13-14H,7-11,17H2,1-2H3;1H. The zero-order valence-corrected chi connectivity index (χ0v) is 14.0. The second kappa shape index (κ2) is 8.98. The number of halogens is 1. The van der Waals surface area contributed by atoms with Crippen molar-refractivity contribution < 1.29 is 14.3 Å². The van der Waals surface area contributed by atoms with Crippen molar-refractivity contribution >= 4 is 18.3 Å². The molecule has 2 rings (SSSR count). The summed E-state index contributed by atoms with van der Waals surface area (Å²) >= 11 is 0. The van der Waals surface area contributed by atoms with Gasteiger partial charge in [0.15, 0.2) is 0 Å². The van der Waals surface area contributed by atoms with Gasteiger partial charge in [-0.2, -0.15) is 0 Å². The molecule has 1 atom stereocenters. The molecule has 1 amide bonds. The number of hydrogen-bond donors (Lipinski definition) is 1. The van der Waals surface area contributed by atoms with E-state index < -0.39 is 0 Å². The Morgan fingerprint density at radius 3 is 2.59 bits per heavy atom. The van der Waals surface area contributed by atoms with Gasteiger partial charge in [0.25, 0.3) is 0 Å². The van der Waals surface area contributed by atoms with E-state index in [0.717, 1.165) is 24.2 Å². The summed E-state index contributed by atoms with van der Waals surface area (Å²) in [6.45, 7) is 0.934. The molecule has 5 nitrogen and oxygen atoms in total. The molecule has 1 aliphatic rings. The van der Waals surface area contributed by atoms with E-state index in [1.54, 1.807) is 14.2 Å². The van der Waals surface area contributed by atoms with Crippen LogP contribution in [0.4, 0.5) is 0 Å². The van der Waals surface area contributed by atoms with Gasteiger partial charge in [0, 0.05) is 31.8 Å². The van der Waals surface area contributed by atoms with Gasteiger partial charge in [-0.1, -0.05) is 18.2 Å². The van der Waals surface area contributed by atoms with Crippen LogP contribution in [0.2, 0.25) is 0 Å². The van der Waals surface area contributed by atoms with Crippen molar-refractivity contribution in [2.24, 2.45) is 5.73 Å². The van der Waals surface area contributed by atoms with Gasteiger partial charge in [-0.15, -0.1) is 12.4 Å². The first kappa shape index (κ1) is 18.7. The summed E-state index contributed by atoms with van der Waals surface area (Å²) in [5.74, 6) is 0.916. The minimum Gasteiger partial charge on any atom is -0.496 e. The van der Waals surface area contributed by atoms with Gasteiger partial charge in [0.1, 0.15) is 5.75 Å². The maximum atomic E-state index is 12.5. The van der Waals surface area contributed by atoms with Crippen molar-refractivity contribution in [2.45, 2.75) is 38.0 Å². The lowest BCUT2D eigenvalue weighted by Gasteiger charge is -2.25. The van der Waals surface area contributed by atoms with Crippen molar-refractivity contribution in [3.63, 3.8) is 0 Å². The number of ether oxygens (including phenoxy) is 2. The van der Waals surface area contributed by atoms with E-state index in [0.29, 0.717) is 25.6 Å². The average Bonchev–Trinajstić information content (AvgIpc) is 3.35. The van der Waals surface area contributed by atoms with Crippen LogP contribution in [0, 0.1) is 0 Å². The molecule has 124 valence electrons. The first-order chi connectivity index (χ1) is 10.2. The Balaban J connectivity index is 0.00000242. The zero-order chi connectivity index (χ0) is 15.2. The van der Waals surface area contributed by atoms with E-state index in [1.165, 1.54) is 0 Å². The second-order valence-corrected chi connectivity index (χ2v) is 5.36. The summed E-state index contributed by atoms with van der Waals surface area (Å²) in [6, 6.07) is 8.16. The van der Waals surface area contributed by atoms with E-state index in [2.05, 4.69) is 0 Å². The Morgan fingerprint density at radius 1 is 1.36 bits per heavy atom. The fourth-order valence-electron chi connectivity index (χ4n) is 2.40. The molecule has 1 saturated carbocycles. The number of nitrogens with zero attached hydrogens (tertiary/aromatic N) is 1. The highest BCUT2D eigenvalue weighted by Crippen LogP contribution is 2.31. The van der Waals surface area contributed by atoms with Gasteiger partial charge in [-0.05, 0) is 18.9 Å². The molecule has 1 aliphatic carbocycles. The molecule has 1 aromatic rings. The number of benzene rings is 1. The predicted octanol–water partition coefficient (Wildman–Crippen LogP) is 1.97. The van der Waals surface area contributed by atoms with Crippen LogP contribution in [0.5, 0.6) is 5.75 Å². The van der Waals surface area contributed by atoms with Gasteiger partial charge in [0.2, 0.25) is 5.91 Å². The van der Waals surface area contributed by atoms with Crippen LogP contribution in [-0.2, 0) is 16.1 Å². The monoisotopic (exact) mass is 328 g/mol. The SMILES string of the molecule is COc1ccccc1CN(C(=O)CC(CN)OC)C1CC1.Cl. The Bertz CT molecular complexity index is 476. The quantitative estimate of drug-likeness (QED) is 0.792. The molecule has 0 spiro atoms. The highest BCUT2D eigenvalue weighted by Gasteiger charge is 2.33. The predicted molar refractivity (Wildman–Crippen MR) is 88.3 cm³/mol. The molecule has 6 heteroatoms. The number of carbonyl (C=O) groups is 1.